The largest absolute Gasteiger partial charge is 0.481 e. The second-order valence-electron chi connectivity index (χ2n) is 4.11. The predicted molar refractivity (Wildman–Crippen MR) is 68.5 cm³/mol. The number of hydrogen-bond acceptors (Lipinski definition) is 3. The molecule has 0 radical (unpaired) electrons. The topological polar surface area (TPSA) is 50.2 Å². The predicted octanol–water partition coefficient (Wildman–Crippen LogP) is 3.85. The number of thiazole rings is 1. The van der Waals surface area contributed by atoms with E-state index in [9.17, 15) is 18.0 Å². The number of rotatable bonds is 4. The molecule has 0 atom stereocenters. The lowest BCUT2D eigenvalue weighted by Crippen LogP contribution is -2.03. The first-order valence-corrected chi connectivity index (χ1v) is 6.58. The van der Waals surface area contributed by atoms with Crippen molar-refractivity contribution in [3.63, 3.8) is 0 Å². The molecular weight excluding hydrogens is 291 g/mol. The van der Waals surface area contributed by atoms with Gasteiger partial charge in [0.2, 0.25) is 0 Å². The normalized spacial score (nSPS) is 11.6. The molecule has 0 aliphatic heterocycles. The number of nitrogens with zero attached hydrogens (tertiary/aromatic N) is 1. The van der Waals surface area contributed by atoms with Crippen LogP contribution >= 0.6 is 11.3 Å². The summed E-state index contributed by atoms with van der Waals surface area (Å²) in [6.07, 6.45) is -4.06. The molecule has 7 heteroatoms. The fourth-order valence-electron chi connectivity index (χ4n) is 1.59. The van der Waals surface area contributed by atoms with E-state index in [0.29, 0.717) is 22.7 Å². The van der Waals surface area contributed by atoms with Gasteiger partial charge in [-0.05, 0) is 12.1 Å². The van der Waals surface area contributed by atoms with Crippen LogP contribution < -0.4 is 0 Å². The molecule has 0 spiro atoms. The van der Waals surface area contributed by atoms with Crippen LogP contribution in [-0.2, 0) is 17.4 Å². The van der Waals surface area contributed by atoms with Crippen LogP contribution in [0.2, 0.25) is 0 Å². The molecule has 0 unspecified atom stereocenters. The van der Waals surface area contributed by atoms with Gasteiger partial charge in [0.05, 0.1) is 17.7 Å². The molecule has 0 bridgehead atoms. The first kappa shape index (κ1) is 14.5. The fraction of sp³-hybridized carbons (Fsp3) is 0.231. The maximum Gasteiger partial charge on any atom is 0.416 e. The third-order valence-corrected chi connectivity index (χ3v) is 3.55. The number of aliphatic carboxylic acids is 1. The monoisotopic (exact) mass is 301 g/mol. The van der Waals surface area contributed by atoms with Gasteiger partial charge >= 0.3 is 12.1 Å². The average molecular weight is 301 g/mol. The highest BCUT2D eigenvalue weighted by Crippen LogP contribution is 2.31. The van der Waals surface area contributed by atoms with Gasteiger partial charge in [0, 0.05) is 17.4 Å². The molecule has 0 amide bonds. The standard InChI is InChI=1S/C13H10F3NO2S/c14-13(15,16)9-3-1-8(2-4-9)12-17-10(7-20-12)5-6-11(18)19/h1-4,7H,5-6H2,(H,18,19). The van der Waals surface area contributed by atoms with Crippen LogP contribution in [0.1, 0.15) is 17.7 Å². The van der Waals surface area contributed by atoms with E-state index in [-0.39, 0.29) is 6.42 Å². The first-order valence-electron chi connectivity index (χ1n) is 5.70. The van der Waals surface area contributed by atoms with Gasteiger partial charge < -0.3 is 5.11 Å². The highest BCUT2D eigenvalue weighted by Gasteiger charge is 2.30. The lowest BCUT2D eigenvalue weighted by molar-refractivity contribution is -0.138. The lowest BCUT2D eigenvalue weighted by atomic mass is 10.1. The summed E-state index contributed by atoms with van der Waals surface area (Å²) in [6.45, 7) is 0. The van der Waals surface area contributed by atoms with Crippen molar-refractivity contribution in [3.8, 4) is 10.6 Å². The van der Waals surface area contributed by atoms with Crippen LogP contribution in [0, 0.1) is 0 Å². The van der Waals surface area contributed by atoms with Crippen molar-refractivity contribution in [2.75, 3.05) is 0 Å². The molecule has 20 heavy (non-hydrogen) atoms. The molecule has 3 nitrogen and oxygen atoms in total. The second-order valence-corrected chi connectivity index (χ2v) is 4.97. The number of carbonyl (C=O) groups is 1. The van der Waals surface area contributed by atoms with Crippen molar-refractivity contribution in [2.45, 2.75) is 19.0 Å². The second kappa shape index (κ2) is 5.62. The van der Waals surface area contributed by atoms with Crippen molar-refractivity contribution >= 4 is 17.3 Å². The Labute approximate surface area is 116 Å². The van der Waals surface area contributed by atoms with Gasteiger partial charge in [-0.3, -0.25) is 4.79 Å². The van der Waals surface area contributed by atoms with E-state index in [1.165, 1.54) is 23.5 Å². The van der Waals surface area contributed by atoms with E-state index in [1.54, 1.807) is 5.38 Å². The van der Waals surface area contributed by atoms with Gasteiger partial charge in [0.25, 0.3) is 0 Å². The number of carboxylic acids is 1. The van der Waals surface area contributed by atoms with Gasteiger partial charge in [-0.15, -0.1) is 11.3 Å². The third-order valence-electron chi connectivity index (χ3n) is 2.61. The molecule has 0 aliphatic rings. The van der Waals surface area contributed by atoms with Gasteiger partial charge in [0.15, 0.2) is 0 Å². The van der Waals surface area contributed by atoms with Crippen LogP contribution in [0.3, 0.4) is 0 Å². The molecule has 0 fully saturated rings. The zero-order chi connectivity index (χ0) is 14.8. The maximum absolute atomic E-state index is 12.4. The van der Waals surface area contributed by atoms with Gasteiger partial charge in [-0.25, -0.2) is 4.98 Å². The summed E-state index contributed by atoms with van der Waals surface area (Å²) in [6, 6.07) is 4.74. The van der Waals surface area contributed by atoms with Crippen LogP contribution in [0.25, 0.3) is 10.6 Å². The summed E-state index contributed by atoms with van der Waals surface area (Å²) < 4.78 is 37.3. The third kappa shape index (κ3) is 3.57. The van der Waals surface area contributed by atoms with Crippen LogP contribution in [0.5, 0.6) is 0 Å². The van der Waals surface area contributed by atoms with Crippen molar-refractivity contribution in [3.05, 3.63) is 40.9 Å². The molecule has 0 saturated heterocycles. The molecule has 0 saturated carbocycles. The molecule has 0 aliphatic carbocycles. The summed E-state index contributed by atoms with van der Waals surface area (Å²) >= 11 is 1.28. The van der Waals surface area contributed by atoms with E-state index < -0.39 is 17.7 Å². The zero-order valence-electron chi connectivity index (χ0n) is 10.1. The highest BCUT2D eigenvalue weighted by atomic mass is 32.1. The fourth-order valence-corrected chi connectivity index (χ4v) is 2.45. The summed E-state index contributed by atoms with van der Waals surface area (Å²) in [7, 11) is 0. The number of alkyl halides is 3. The SMILES string of the molecule is O=C(O)CCc1csc(-c2ccc(C(F)(F)F)cc2)n1. The molecule has 2 rings (SSSR count). The highest BCUT2D eigenvalue weighted by molar-refractivity contribution is 7.13. The molecule has 2 aromatic rings. The van der Waals surface area contributed by atoms with E-state index >= 15 is 0 Å². The van der Waals surface area contributed by atoms with E-state index in [1.807, 2.05) is 0 Å². The Kier molecular flexibility index (Phi) is 4.08. The number of aryl methyl sites for hydroxylation is 1. The number of benzene rings is 1. The molecule has 1 aromatic heterocycles. The Morgan fingerprint density at radius 3 is 2.45 bits per heavy atom. The zero-order valence-corrected chi connectivity index (χ0v) is 11.0. The molecule has 1 aromatic carbocycles. The first-order chi connectivity index (χ1) is 9.36. The van der Waals surface area contributed by atoms with Crippen molar-refractivity contribution < 1.29 is 23.1 Å². The van der Waals surface area contributed by atoms with E-state index in [4.69, 9.17) is 5.11 Å². The number of carboxylic acid groups (broad SMARTS) is 1. The lowest BCUT2D eigenvalue weighted by Gasteiger charge is -2.06. The quantitative estimate of drug-likeness (QED) is 0.933. The minimum atomic E-state index is -4.35. The molecule has 1 N–H and O–H groups in total. The van der Waals surface area contributed by atoms with Gasteiger partial charge in [0.1, 0.15) is 5.01 Å². The van der Waals surface area contributed by atoms with E-state index in [0.717, 1.165) is 12.1 Å². The average Bonchev–Trinajstić information content (AvgIpc) is 2.84. The van der Waals surface area contributed by atoms with Gasteiger partial charge in [-0.1, -0.05) is 12.1 Å². The maximum atomic E-state index is 12.4. The molecule has 1 heterocycles. The summed E-state index contributed by atoms with van der Waals surface area (Å²) in [5.41, 5.74) is 0.515. The van der Waals surface area contributed by atoms with E-state index in [2.05, 4.69) is 4.98 Å². The molecule has 106 valence electrons. The van der Waals surface area contributed by atoms with Crippen LogP contribution in [0.4, 0.5) is 13.2 Å². The Morgan fingerprint density at radius 1 is 1.25 bits per heavy atom. The van der Waals surface area contributed by atoms with Gasteiger partial charge in [-0.2, -0.15) is 13.2 Å². The summed E-state index contributed by atoms with van der Waals surface area (Å²) in [4.78, 5) is 14.7. The summed E-state index contributed by atoms with van der Waals surface area (Å²) in [5.74, 6) is -0.908. The Morgan fingerprint density at radius 2 is 1.90 bits per heavy atom. The summed E-state index contributed by atoms with van der Waals surface area (Å²) in [5, 5.41) is 10.9. The smallest absolute Gasteiger partial charge is 0.416 e. The van der Waals surface area contributed by atoms with Crippen LogP contribution in [0.15, 0.2) is 29.6 Å². The number of hydrogen-bond donors (Lipinski definition) is 1. The molecular formula is C13H10F3NO2S. The van der Waals surface area contributed by atoms with Crippen molar-refractivity contribution in [1.29, 1.82) is 0 Å². The Bertz CT molecular complexity index is 605. The van der Waals surface area contributed by atoms with Crippen molar-refractivity contribution in [1.82, 2.24) is 4.98 Å². The minimum Gasteiger partial charge on any atom is -0.481 e. The Hall–Kier alpha value is -1.89. The van der Waals surface area contributed by atoms with Crippen LogP contribution in [-0.4, -0.2) is 16.1 Å². The Balaban J connectivity index is 2.14. The minimum absolute atomic E-state index is 0.0177. The number of aromatic nitrogens is 1. The van der Waals surface area contributed by atoms with Crippen molar-refractivity contribution in [2.24, 2.45) is 0 Å². The number of halogens is 3.